The first-order valence-corrected chi connectivity index (χ1v) is 6.63. The molecular formula is C15H12Cl2O3. The molecule has 0 saturated carbocycles. The lowest BCUT2D eigenvalue weighted by atomic mass is 10.1. The van der Waals surface area contributed by atoms with Crippen molar-refractivity contribution in [1.82, 2.24) is 0 Å². The lowest BCUT2D eigenvalue weighted by molar-refractivity contribution is 0.0692. The van der Waals surface area contributed by atoms with Gasteiger partial charge in [-0.25, -0.2) is 4.79 Å². The predicted molar refractivity (Wildman–Crippen MR) is 78.9 cm³/mol. The molecule has 0 saturated heterocycles. The number of carboxylic acid groups (broad SMARTS) is 1. The fourth-order valence-electron chi connectivity index (χ4n) is 1.72. The fraction of sp³-hybridized carbons (Fsp3) is 0.133. The Balaban J connectivity index is 2.22. The Hall–Kier alpha value is -1.71. The van der Waals surface area contributed by atoms with Crippen LogP contribution in [0.2, 0.25) is 10.0 Å². The standard InChI is InChI=1S/C15H12Cl2O3/c1-9-2-5-12(15(18)19)14(6-9)20-8-10-3-4-11(16)7-13(10)17/h2-7H,8H2,1H3,(H,18,19). The molecule has 3 nitrogen and oxygen atoms in total. The molecule has 0 unspecified atom stereocenters. The van der Waals surface area contributed by atoms with E-state index in [1.165, 1.54) is 6.07 Å². The molecule has 5 heteroatoms. The molecule has 0 amide bonds. The fourth-order valence-corrected chi connectivity index (χ4v) is 2.18. The maximum atomic E-state index is 11.1. The van der Waals surface area contributed by atoms with Crippen LogP contribution in [-0.2, 0) is 6.61 Å². The molecule has 0 aromatic heterocycles. The normalized spacial score (nSPS) is 10.3. The van der Waals surface area contributed by atoms with E-state index in [0.29, 0.717) is 15.8 Å². The van der Waals surface area contributed by atoms with Crippen molar-refractivity contribution < 1.29 is 14.6 Å². The first-order chi connectivity index (χ1) is 9.47. The summed E-state index contributed by atoms with van der Waals surface area (Å²) in [6, 6.07) is 10.0. The lowest BCUT2D eigenvalue weighted by Crippen LogP contribution is -2.04. The third kappa shape index (κ3) is 3.44. The predicted octanol–water partition coefficient (Wildman–Crippen LogP) is 4.58. The Bertz CT molecular complexity index is 654. The molecule has 0 radical (unpaired) electrons. The van der Waals surface area contributed by atoms with Crippen molar-refractivity contribution in [3.05, 3.63) is 63.1 Å². The molecular weight excluding hydrogens is 299 g/mol. The molecule has 0 aliphatic rings. The third-order valence-corrected chi connectivity index (χ3v) is 3.35. The van der Waals surface area contributed by atoms with Gasteiger partial charge >= 0.3 is 5.97 Å². The topological polar surface area (TPSA) is 46.5 Å². The van der Waals surface area contributed by atoms with Gasteiger partial charge in [-0.1, -0.05) is 35.3 Å². The van der Waals surface area contributed by atoms with E-state index in [-0.39, 0.29) is 12.2 Å². The number of hydrogen-bond acceptors (Lipinski definition) is 2. The average Bonchev–Trinajstić information content (AvgIpc) is 2.37. The zero-order chi connectivity index (χ0) is 14.7. The van der Waals surface area contributed by atoms with Gasteiger partial charge in [0.25, 0.3) is 0 Å². The summed E-state index contributed by atoms with van der Waals surface area (Å²) in [7, 11) is 0. The molecule has 0 atom stereocenters. The summed E-state index contributed by atoms with van der Waals surface area (Å²) < 4.78 is 5.58. The first-order valence-electron chi connectivity index (χ1n) is 5.88. The minimum atomic E-state index is -1.03. The Morgan fingerprint density at radius 2 is 1.95 bits per heavy atom. The summed E-state index contributed by atoms with van der Waals surface area (Å²) in [6.07, 6.45) is 0. The van der Waals surface area contributed by atoms with Crippen LogP contribution in [-0.4, -0.2) is 11.1 Å². The van der Waals surface area contributed by atoms with Crippen molar-refractivity contribution in [3.63, 3.8) is 0 Å². The number of ether oxygens (including phenoxy) is 1. The van der Waals surface area contributed by atoms with Gasteiger partial charge in [-0.05, 0) is 36.8 Å². The van der Waals surface area contributed by atoms with Crippen LogP contribution in [0.25, 0.3) is 0 Å². The summed E-state index contributed by atoms with van der Waals surface area (Å²) in [6.45, 7) is 2.05. The van der Waals surface area contributed by atoms with E-state index in [2.05, 4.69) is 0 Å². The SMILES string of the molecule is Cc1ccc(C(=O)O)c(OCc2ccc(Cl)cc2Cl)c1. The zero-order valence-electron chi connectivity index (χ0n) is 10.7. The van der Waals surface area contributed by atoms with Gasteiger partial charge in [0.05, 0.1) is 0 Å². The van der Waals surface area contributed by atoms with Gasteiger partial charge in [-0.3, -0.25) is 0 Å². The highest BCUT2D eigenvalue weighted by Crippen LogP contribution is 2.25. The van der Waals surface area contributed by atoms with Gasteiger partial charge in [0.15, 0.2) is 0 Å². The number of carbonyl (C=O) groups is 1. The molecule has 0 fully saturated rings. The molecule has 0 aliphatic carbocycles. The van der Waals surface area contributed by atoms with Gasteiger partial charge in [-0.2, -0.15) is 0 Å². The van der Waals surface area contributed by atoms with Gasteiger partial charge in [-0.15, -0.1) is 0 Å². The minimum absolute atomic E-state index is 0.126. The van der Waals surface area contributed by atoms with Crippen LogP contribution in [0.4, 0.5) is 0 Å². The van der Waals surface area contributed by atoms with Gasteiger partial charge in [0.1, 0.15) is 17.9 Å². The van der Waals surface area contributed by atoms with E-state index >= 15 is 0 Å². The number of aromatic carboxylic acids is 1. The van der Waals surface area contributed by atoms with E-state index in [9.17, 15) is 4.79 Å². The molecule has 104 valence electrons. The van der Waals surface area contributed by atoms with Crippen molar-refractivity contribution in [2.75, 3.05) is 0 Å². The summed E-state index contributed by atoms with van der Waals surface area (Å²) in [4.78, 5) is 11.1. The largest absolute Gasteiger partial charge is 0.488 e. The Morgan fingerprint density at radius 1 is 1.20 bits per heavy atom. The average molecular weight is 311 g/mol. The molecule has 2 rings (SSSR count). The zero-order valence-corrected chi connectivity index (χ0v) is 12.2. The van der Waals surface area contributed by atoms with Crippen LogP contribution in [0.1, 0.15) is 21.5 Å². The molecule has 0 spiro atoms. The molecule has 20 heavy (non-hydrogen) atoms. The van der Waals surface area contributed by atoms with Crippen LogP contribution < -0.4 is 4.74 Å². The molecule has 0 heterocycles. The van der Waals surface area contributed by atoms with Crippen LogP contribution in [0, 0.1) is 6.92 Å². The van der Waals surface area contributed by atoms with Crippen molar-refractivity contribution in [3.8, 4) is 5.75 Å². The van der Waals surface area contributed by atoms with Crippen molar-refractivity contribution in [2.45, 2.75) is 13.5 Å². The Labute approximate surface area is 126 Å². The van der Waals surface area contributed by atoms with Gasteiger partial charge in [0, 0.05) is 15.6 Å². The summed E-state index contributed by atoms with van der Waals surface area (Å²) in [5.41, 5.74) is 1.79. The van der Waals surface area contributed by atoms with Gasteiger partial charge in [0.2, 0.25) is 0 Å². The molecule has 0 bridgehead atoms. The molecule has 2 aromatic rings. The number of hydrogen-bond donors (Lipinski definition) is 1. The highest BCUT2D eigenvalue weighted by molar-refractivity contribution is 6.35. The lowest BCUT2D eigenvalue weighted by Gasteiger charge is -2.11. The van der Waals surface area contributed by atoms with E-state index in [1.807, 2.05) is 6.92 Å². The number of benzene rings is 2. The van der Waals surface area contributed by atoms with Gasteiger partial charge < -0.3 is 9.84 Å². The second kappa shape index (κ2) is 6.16. The van der Waals surface area contributed by atoms with Crippen molar-refractivity contribution in [2.24, 2.45) is 0 Å². The third-order valence-electron chi connectivity index (χ3n) is 2.77. The van der Waals surface area contributed by atoms with Crippen molar-refractivity contribution >= 4 is 29.2 Å². The maximum Gasteiger partial charge on any atom is 0.339 e. The summed E-state index contributed by atoms with van der Waals surface area (Å²) >= 11 is 11.9. The monoisotopic (exact) mass is 310 g/mol. The van der Waals surface area contributed by atoms with Crippen molar-refractivity contribution in [1.29, 1.82) is 0 Å². The van der Waals surface area contributed by atoms with E-state index in [0.717, 1.165) is 11.1 Å². The quantitative estimate of drug-likeness (QED) is 0.899. The highest BCUT2D eigenvalue weighted by atomic mass is 35.5. The second-order valence-electron chi connectivity index (χ2n) is 4.33. The highest BCUT2D eigenvalue weighted by Gasteiger charge is 2.12. The number of rotatable bonds is 4. The van der Waals surface area contributed by atoms with Crippen LogP contribution in [0.5, 0.6) is 5.75 Å². The maximum absolute atomic E-state index is 11.1. The summed E-state index contributed by atoms with van der Waals surface area (Å²) in [5.74, 6) is -0.703. The van der Waals surface area contributed by atoms with E-state index in [1.54, 1.807) is 30.3 Å². The first kappa shape index (κ1) is 14.7. The number of aryl methyl sites for hydroxylation is 1. The summed E-state index contributed by atoms with van der Waals surface area (Å²) in [5, 5.41) is 10.2. The Kier molecular flexibility index (Phi) is 4.53. The number of carboxylic acids is 1. The smallest absolute Gasteiger partial charge is 0.339 e. The van der Waals surface area contributed by atoms with Crippen LogP contribution in [0.3, 0.4) is 0 Å². The van der Waals surface area contributed by atoms with Crippen LogP contribution >= 0.6 is 23.2 Å². The van der Waals surface area contributed by atoms with E-state index in [4.69, 9.17) is 33.0 Å². The Morgan fingerprint density at radius 3 is 2.60 bits per heavy atom. The molecule has 0 aliphatic heterocycles. The second-order valence-corrected chi connectivity index (χ2v) is 5.17. The minimum Gasteiger partial charge on any atom is -0.488 e. The molecule has 1 N–H and O–H groups in total. The van der Waals surface area contributed by atoms with E-state index < -0.39 is 5.97 Å². The van der Waals surface area contributed by atoms with Crippen LogP contribution in [0.15, 0.2) is 36.4 Å². The number of halogens is 2. The molecule has 2 aromatic carbocycles.